The molecule has 1 heterocycles. The van der Waals surface area contributed by atoms with Crippen LogP contribution in [-0.2, 0) is 37.6 Å². The van der Waals surface area contributed by atoms with Crippen molar-refractivity contribution in [3.63, 3.8) is 0 Å². The van der Waals surface area contributed by atoms with Gasteiger partial charge in [-0.15, -0.1) is 0 Å². The molecule has 0 spiro atoms. The van der Waals surface area contributed by atoms with E-state index in [0.717, 1.165) is 0 Å². The highest BCUT2D eigenvalue weighted by molar-refractivity contribution is 6.32. The Kier molecular flexibility index (Phi) is 7.68. The molecule has 9 heteroatoms. The number of aromatic nitrogens is 2. The second-order valence-corrected chi connectivity index (χ2v) is 7.66. The highest BCUT2D eigenvalue weighted by Crippen LogP contribution is 2.26. The van der Waals surface area contributed by atoms with Crippen LogP contribution < -0.4 is 5.32 Å². The average Bonchev–Trinajstić information content (AvgIpc) is 2.93. The van der Waals surface area contributed by atoms with Crippen molar-refractivity contribution in [1.82, 2.24) is 15.1 Å². The summed E-state index contributed by atoms with van der Waals surface area (Å²) in [6.07, 6.45) is 0.651. The summed E-state index contributed by atoms with van der Waals surface area (Å²) < 4.78 is 58.6. The molecule has 0 aliphatic rings. The van der Waals surface area contributed by atoms with Gasteiger partial charge in [-0.1, -0.05) is 32.4 Å². The molecule has 0 atom stereocenters. The van der Waals surface area contributed by atoms with Crippen LogP contribution in [-0.4, -0.2) is 15.7 Å². The van der Waals surface area contributed by atoms with E-state index < -0.39 is 46.8 Å². The van der Waals surface area contributed by atoms with Crippen molar-refractivity contribution >= 4 is 17.5 Å². The Morgan fingerprint density at radius 3 is 2.14 bits per heavy atom. The maximum atomic E-state index is 14.3. The maximum absolute atomic E-state index is 14.3. The van der Waals surface area contributed by atoms with Gasteiger partial charge in [0, 0.05) is 24.7 Å². The normalized spacial score (nSPS) is 11.4. The van der Waals surface area contributed by atoms with E-state index in [1.54, 1.807) is 7.05 Å². The van der Waals surface area contributed by atoms with Crippen molar-refractivity contribution in [1.29, 1.82) is 0 Å². The van der Waals surface area contributed by atoms with Crippen molar-refractivity contribution in [3.8, 4) is 0 Å². The smallest absolute Gasteiger partial charge is 0.226 e. The second-order valence-electron chi connectivity index (χ2n) is 7.28. The van der Waals surface area contributed by atoms with E-state index >= 15 is 0 Å². The van der Waals surface area contributed by atoms with Crippen LogP contribution in [0.25, 0.3) is 0 Å². The minimum absolute atomic E-state index is 0.117. The molecular formula is C20H24ClF4N3O. The Hall–Kier alpha value is -2.09. The first-order chi connectivity index (χ1) is 13.6. The summed E-state index contributed by atoms with van der Waals surface area (Å²) in [5.41, 5.74) is -0.414. The van der Waals surface area contributed by atoms with Crippen LogP contribution in [0.5, 0.6) is 0 Å². The number of aryl methyl sites for hydroxylation is 2. The summed E-state index contributed by atoms with van der Waals surface area (Å²) in [5, 5.41) is 6.80. The quantitative estimate of drug-likeness (QED) is 0.487. The molecule has 2 rings (SSSR count). The van der Waals surface area contributed by atoms with Gasteiger partial charge in [-0.3, -0.25) is 9.48 Å². The van der Waals surface area contributed by atoms with Crippen LogP contribution in [0, 0.1) is 29.2 Å². The monoisotopic (exact) mass is 433 g/mol. The van der Waals surface area contributed by atoms with Crippen LogP contribution in [0.1, 0.15) is 49.7 Å². The first-order valence-electron chi connectivity index (χ1n) is 9.38. The standard InChI is InChI=1S/C20H24ClF4N3O/c1-5-13-16(21)14(28(4)27-13)8-15(29)26-9-12-19(24)17(22)11(7-6-10(2)3)18(23)20(12)25/h10H,5-9H2,1-4H3,(H,26,29). The lowest BCUT2D eigenvalue weighted by Gasteiger charge is -2.13. The van der Waals surface area contributed by atoms with Gasteiger partial charge in [-0.25, -0.2) is 17.6 Å². The number of rotatable bonds is 8. The molecule has 0 saturated heterocycles. The summed E-state index contributed by atoms with van der Waals surface area (Å²) in [5.74, 6) is -6.32. The van der Waals surface area contributed by atoms with Crippen molar-refractivity contribution < 1.29 is 22.4 Å². The fraction of sp³-hybridized carbons (Fsp3) is 0.500. The van der Waals surface area contributed by atoms with Crippen LogP contribution in [0.2, 0.25) is 5.02 Å². The molecule has 1 amide bonds. The first kappa shape index (κ1) is 23.2. The molecule has 29 heavy (non-hydrogen) atoms. The van der Waals surface area contributed by atoms with Gasteiger partial charge < -0.3 is 5.32 Å². The van der Waals surface area contributed by atoms with Crippen LogP contribution in [0.3, 0.4) is 0 Å². The number of hydrogen-bond acceptors (Lipinski definition) is 2. The topological polar surface area (TPSA) is 46.9 Å². The van der Waals surface area contributed by atoms with Gasteiger partial charge >= 0.3 is 0 Å². The van der Waals surface area contributed by atoms with Gasteiger partial charge in [0.25, 0.3) is 0 Å². The number of hydrogen-bond donors (Lipinski definition) is 1. The van der Waals surface area contributed by atoms with E-state index in [-0.39, 0.29) is 18.8 Å². The number of nitrogens with zero attached hydrogens (tertiary/aromatic N) is 2. The number of amides is 1. The molecule has 0 radical (unpaired) electrons. The lowest BCUT2D eigenvalue weighted by atomic mass is 9.99. The zero-order chi connectivity index (χ0) is 21.9. The SMILES string of the molecule is CCc1nn(C)c(CC(=O)NCc2c(F)c(F)c(CCC(C)C)c(F)c2F)c1Cl. The third-order valence-electron chi connectivity index (χ3n) is 4.71. The summed E-state index contributed by atoms with van der Waals surface area (Å²) in [6.45, 7) is 4.84. The molecule has 2 aromatic rings. The van der Waals surface area contributed by atoms with Gasteiger partial charge in [0.05, 0.1) is 22.8 Å². The molecule has 0 fully saturated rings. The molecule has 0 saturated carbocycles. The van der Waals surface area contributed by atoms with Gasteiger partial charge in [-0.05, 0) is 25.2 Å². The summed E-state index contributed by atoms with van der Waals surface area (Å²) in [4.78, 5) is 12.2. The molecule has 1 aromatic heterocycles. The molecule has 1 aromatic carbocycles. The molecule has 160 valence electrons. The molecule has 4 nitrogen and oxygen atoms in total. The Bertz CT molecular complexity index is 883. The van der Waals surface area contributed by atoms with Crippen molar-refractivity contribution in [3.05, 3.63) is 50.8 Å². The minimum atomic E-state index is -1.49. The maximum Gasteiger partial charge on any atom is 0.226 e. The van der Waals surface area contributed by atoms with Crippen LogP contribution in [0.4, 0.5) is 17.6 Å². The highest BCUT2D eigenvalue weighted by atomic mass is 35.5. The highest BCUT2D eigenvalue weighted by Gasteiger charge is 2.25. The summed E-state index contributed by atoms with van der Waals surface area (Å²) in [7, 11) is 1.62. The molecule has 0 bridgehead atoms. The van der Waals surface area contributed by atoms with E-state index in [4.69, 9.17) is 11.6 Å². The third-order valence-corrected chi connectivity index (χ3v) is 5.15. The lowest BCUT2D eigenvalue weighted by molar-refractivity contribution is -0.120. The van der Waals surface area contributed by atoms with Crippen molar-refractivity contribution in [2.24, 2.45) is 13.0 Å². The van der Waals surface area contributed by atoms with E-state index in [0.29, 0.717) is 29.3 Å². The predicted molar refractivity (Wildman–Crippen MR) is 103 cm³/mol. The number of carbonyl (C=O) groups is 1. The van der Waals surface area contributed by atoms with Gasteiger partial charge in [0.1, 0.15) is 0 Å². The fourth-order valence-electron chi connectivity index (χ4n) is 2.94. The van der Waals surface area contributed by atoms with E-state index in [9.17, 15) is 22.4 Å². The van der Waals surface area contributed by atoms with Crippen LogP contribution >= 0.6 is 11.6 Å². The van der Waals surface area contributed by atoms with Crippen molar-refractivity contribution in [2.45, 2.75) is 53.0 Å². The van der Waals surface area contributed by atoms with Crippen LogP contribution in [0.15, 0.2) is 0 Å². The lowest BCUT2D eigenvalue weighted by Crippen LogP contribution is -2.27. The number of benzene rings is 1. The zero-order valence-corrected chi connectivity index (χ0v) is 17.6. The minimum Gasteiger partial charge on any atom is -0.351 e. The van der Waals surface area contributed by atoms with E-state index in [1.807, 2.05) is 20.8 Å². The number of carbonyl (C=O) groups excluding carboxylic acids is 1. The predicted octanol–water partition coefficient (Wildman–Crippen LogP) is 4.64. The van der Waals surface area contributed by atoms with Gasteiger partial charge in [-0.2, -0.15) is 5.10 Å². The second kappa shape index (κ2) is 9.61. The first-order valence-corrected chi connectivity index (χ1v) is 9.76. The summed E-state index contributed by atoms with van der Waals surface area (Å²) in [6, 6.07) is 0. The fourth-order valence-corrected chi connectivity index (χ4v) is 3.30. The van der Waals surface area contributed by atoms with Crippen molar-refractivity contribution in [2.75, 3.05) is 0 Å². The third kappa shape index (κ3) is 5.10. The molecule has 0 unspecified atom stereocenters. The Morgan fingerprint density at radius 1 is 1.10 bits per heavy atom. The number of nitrogens with one attached hydrogen (secondary N) is 1. The van der Waals surface area contributed by atoms with E-state index in [1.165, 1.54) is 4.68 Å². The Balaban J connectivity index is 2.16. The summed E-state index contributed by atoms with van der Waals surface area (Å²) >= 11 is 6.17. The number of halogens is 5. The zero-order valence-electron chi connectivity index (χ0n) is 16.8. The van der Waals surface area contributed by atoms with Gasteiger partial charge in [0.2, 0.25) is 5.91 Å². The molecule has 1 N–H and O–H groups in total. The molecule has 0 aliphatic carbocycles. The average molecular weight is 434 g/mol. The van der Waals surface area contributed by atoms with E-state index in [2.05, 4.69) is 10.4 Å². The molecular weight excluding hydrogens is 410 g/mol. The molecule has 0 aliphatic heterocycles. The Morgan fingerprint density at radius 2 is 1.66 bits per heavy atom. The van der Waals surface area contributed by atoms with Gasteiger partial charge in [0.15, 0.2) is 23.3 Å². The largest absolute Gasteiger partial charge is 0.351 e. The Labute approximate surface area is 172 Å².